The van der Waals surface area contributed by atoms with E-state index >= 15 is 0 Å². The van der Waals surface area contributed by atoms with Gasteiger partial charge in [0.05, 0.1) is 0 Å². The summed E-state index contributed by atoms with van der Waals surface area (Å²) in [4.78, 5) is 2.41. The van der Waals surface area contributed by atoms with Crippen molar-refractivity contribution in [2.45, 2.75) is 0 Å². The van der Waals surface area contributed by atoms with Crippen LogP contribution in [0.4, 0.5) is 17.1 Å². The van der Waals surface area contributed by atoms with Crippen LogP contribution in [0.2, 0.25) is 0 Å². The molecule has 0 saturated carbocycles. The van der Waals surface area contributed by atoms with Gasteiger partial charge in [0.15, 0.2) is 0 Å². The predicted molar refractivity (Wildman–Crippen MR) is 260 cm³/mol. The van der Waals surface area contributed by atoms with Gasteiger partial charge < -0.3 is 4.90 Å². The van der Waals surface area contributed by atoms with Gasteiger partial charge in [-0.05, 0) is 125 Å². The first-order chi connectivity index (χ1) is 29.7. The first-order valence-corrected chi connectivity index (χ1v) is 21.4. The van der Waals surface area contributed by atoms with Gasteiger partial charge in [0.1, 0.15) is 0 Å². The maximum Gasteiger partial charge on any atom is 0.0468 e. The Balaban J connectivity index is 0.988. The molecule has 0 radical (unpaired) electrons. The van der Waals surface area contributed by atoms with Crippen LogP contribution in [0.25, 0.3) is 96.6 Å². The smallest absolute Gasteiger partial charge is 0.0468 e. The predicted octanol–water partition coefficient (Wildman–Crippen LogP) is 17.1. The Kier molecular flexibility index (Phi) is 8.11. The summed E-state index contributed by atoms with van der Waals surface area (Å²) in [6.45, 7) is 0. The third-order valence-electron chi connectivity index (χ3n) is 12.2. The van der Waals surface area contributed by atoms with Gasteiger partial charge in [-0.3, -0.25) is 0 Å². The summed E-state index contributed by atoms with van der Waals surface area (Å²) in [5.41, 5.74) is 10.7. The number of thiophene rings is 1. The lowest BCUT2D eigenvalue weighted by Crippen LogP contribution is -2.10. The third kappa shape index (κ3) is 5.68. The fourth-order valence-electron chi connectivity index (χ4n) is 9.39. The van der Waals surface area contributed by atoms with Crippen LogP contribution in [-0.4, -0.2) is 0 Å². The molecule has 1 aromatic heterocycles. The standard InChI is InChI=1S/C58H37NS/c1-2-16-46-39(12-1)13-10-22-47(46)42-15-9-14-41(36-42)38-26-30-43(31-27-38)59(45-34-35-53-51-19-4-3-17-49(51)50-18-5-6-20-52(50)56(53)37-45)44-32-28-40(29-33-44)48-23-11-24-55-54-21-7-8-25-57(54)60-58(48)55/h1-37H. The highest BCUT2D eigenvalue weighted by molar-refractivity contribution is 7.26. The van der Waals surface area contributed by atoms with E-state index in [1.807, 2.05) is 11.3 Å². The number of fused-ring (bicyclic) bond motifs is 10. The molecule has 1 heterocycles. The fraction of sp³-hybridized carbons (Fsp3) is 0. The second kappa shape index (κ2) is 14.1. The number of hydrogen-bond acceptors (Lipinski definition) is 2. The van der Waals surface area contributed by atoms with Gasteiger partial charge in [0, 0.05) is 37.2 Å². The minimum atomic E-state index is 1.10. The molecule has 2 heteroatoms. The Labute approximate surface area is 352 Å². The molecule has 12 rings (SSSR count). The van der Waals surface area contributed by atoms with Crippen LogP contribution in [0.1, 0.15) is 0 Å². The molecule has 12 aromatic rings. The van der Waals surface area contributed by atoms with Gasteiger partial charge in [-0.15, -0.1) is 11.3 Å². The van der Waals surface area contributed by atoms with Gasteiger partial charge >= 0.3 is 0 Å². The Bertz CT molecular complexity index is 3560. The summed E-state index contributed by atoms with van der Waals surface area (Å²) in [6, 6.07) is 82.4. The van der Waals surface area contributed by atoms with Crippen LogP contribution in [-0.2, 0) is 0 Å². The zero-order chi connectivity index (χ0) is 39.6. The average molecular weight is 780 g/mol. The number of anilines is 3. The van der Waals surface area contributed by atoms with E-state index in [1.54, 1.807) is 0 Å². The summed E-state index contributed by atoms with van der Waals surface area (Å²) >= 11 is 1.88. The van der Waals surface area contributed by atoms with E-state index in [-0.39, 0.29) is 0 Å². The highest BCUT2D eigenvalue weighted by atomic mass is 32.1. The molecule has 280 valence electrons. The molecule has 0 amide bonds. The molecule has 0 aliphatic carbocycles. The number of hydrogen-bond donors (Lipinski definition) is 0. The second-order valence-corrected chi connectivity index (χ2v) is 16.7. The molecule has 11 aromatic carbocycles. The molecule has 1 nitrogen and oxygen atoms in total. The van der Waals surface area contributed by atoms with E-state index in [4.69, 9.17) is 0 Å². The fourth-order valence-corrected chi connectivity index (χ4v) is 10.6. The molecule has 60 heavy (non-hydrogen) atoms. The topological polar surface area (TPSA) is 3.24 Å². The van der Waals surface area contributed by atoms with E-state index < -0.39 is 0 Å². The Morgan fingerprint density at radius 3 is 1.50 bits per heavy atom. The Hall–Kier alpha value is -7.52. The number of benzene rings is 11. The maximum absolute atomic E-state index is 2.41. The molecule has 0 aliphatic rings. The van der Waals surface area contributed by atoms with Crippen LogP contribution in [0, 0.1) is 0 Å². The van der Waals surface area contributed by atoms with Crippen LogP contribution in [0.5, 0.6) is 0 Å². The normalized spacial score (nSPS) is 11.7. The van der Waals surface area contributed by atoms with Crippen LogP contribution < -0.4 is 4.90 Å². The van der Waals surface area contributed by atoms with Crippen molar-refractivity contribution in [2.24, 2.45) is 0 Å². The zero-order valence-electron chi connectivity index (χ0n) is 32.7. The third-order valence-corrected chi connectivity index (χ3v) is 13.5. The molecule has 0 saturated heterocycles. The van der Waals surface area contributed by atoms with Gasteiger partial charge in [-0.2, -0.15) is 0 Å². The first kappa shape index (κ1) is 34.5. The number of nitrogens with zero attached hydrogens (tertiary/aromatic N) is 1. The second-order valence-electron chi connectivity index (χ2n) is 15.6. The maximum atomic E-state index is 2.41. The van der Waals surface area contributed by atoms with Crippen LogP contribution >= 0.6 is 11.3 Å². The molecule has 0 N–H and O–H groups in total. The first-order valence-electron chi connectivity index (χ1n) is 20.6. The lowest BCUT2D eigenvalue weighted by atomic mass is 9.94. The minimum absolute atomic E-state index is 1.10. The van der Waals surface area contributed by atoms with Crippen molar-refractivity contribution >= 4 is 91.7 Å². The zero-order valence-corrected chi connectivity index (χ0v) is 33.5. The van der Waals surface area contributed by atoms with E-state index in [0.717, 1.165) is 17.1 Å². The average Bonchev–Trinajstić information content (AvgIpc) is 3.71. The van der Waals surface area contributed by atoms with Gasteiger partial charge in [0.25, 0.3) is 0 Å². The van der Waals surface area contributed by atoms with Crippen molar-refractivity contribution in [1.29, 1.82) is 0 Å². The molecular weight excluding hydrogens is 743 g/mol. The lowest BCUT2D eigenvalue weighted by Gasteiger charge is -2.27. The quantitative estimate of drug-likeness (QED) is 0.152. The molecule has 0 spiro atoms. The monoisotopic (exact) mass is 779 g/mol. The van der Waals surface area contributed by atoms with Gasteiger partial charge in [-0.1, -0.05) is 176 Å². The molecular formula is C58H37NS. The summed E-state index contributed by atoms with van der Waals surface area (Å²) in [7, 11) is 0. The van der Waals surface area contributed by atoms with Crippen LogP contribution in [0.15, 0.2) is 224 Å². The summed E-state index contributed by atoms with van der Waals surface area (Å²) < 4.78 is 2.65. The van der Waals surface area contributed by atoms with Crippen molar-refractivity contribution < 1.29 is 0 Å². The van der Waals surface area contributed by atoms with E-state index in [9.17, 15) is 0 Å². The van der Waals surface area contributed by atoms with E-state index in [0.29, 0.717) is 0 Å². The Morgan fingerprint density at radius 2 is 0.767 bits per heavy atom. The van der Waals surface area contributed by atoms with Crippen molar-refractivity contribution in [2.75, 3.05) is 4.90 Å². The number of rotatable bonds is 6. The van der Waals surface area contributed by atoms with Crippen molar-refractivity contribution in [3.8, 4) is 33.4 Å². The van der Waals surface area contributed by atoms with E-state index in [2.05, 4.69) is 229 Å². The van der Waals surface area contributed by atoms with E-state index in [1.165, 1.54) is 96.6 Å². The molecule has 0 atom stereocenters. The minimum Gasteiger partial charge on any atom is -0.310 e. The molecule has 0 bridgehead atoms. The van der Waals surface area contributed by atoms with Crippen molar-refractivity contribution in [3.05, 3.63) is 224 Å². The molecule has 0 unspecified atom stereocenters. The van der Waals surface area contributed by atoms with Gasteiger partial charge in [-0.25, -0.2) is 0 Å². The lowest BCUT2D eigenvalue weighted by molar-refractivity contribution is 1.29. The summed E-state index contributed by atoms with van der Waals surface area (Å²) in [6.07, 6.45) is 0. The van der Waals surface area contributed by atoms with Crippen molar-refractivity contribution in [1.82, 2.24) is 0 Å². The van der Waals surface area contributed by atoms with Crippen LogP contribution in [0.3, 0.4) is 0 Å². The SMILES string of the molecule is c1cc(-c2ccc(N(c3ccc(-c4cccc5c4sc4ccccc45)cc3)c3ccc4c5ccccc5c5ccccc5c4c3)cc2)cc(-c2cccc3ccccc23)c1. The summed E-state index contributed by atoms with van der Waals surface area (Å²) in [5, 5.41) is 12.8. The molecule has 0 aliphatic heterocycles. The Morgan fingerprint density at radius 1 is 0.267 bits per heavy atom. The summed E-state index contributed by atoms with van der Waals surface area (Å²) in [5.74, 6) is 0. The molecule has 0 fully saturated rings. The highest BCUT2D eigenvalue weighted by Gasteiger charge is 2.17. The largest absolute Gasteiger partial charge is 0.310 e. The highest BCUT2D eigenvalue weighted by Crippen LogP contribution is 2.44. The van der Waals surface area contributed by atoms with Crippen molar-refractivity contribution in [3.63, 3.8) is 0 Å². The van der Waals surface area contributed by atoms with Gasteiger partial charge in [0.2, 0.25) is 0 Å².